The van der Waals surface area contributed by atoms with Gasteiger partial charge in [-0.2, -0.15) is 5.26 Å². The van der Waals surface area contributed by atoms with Gasteiger partial charge in [-0.15, -0.1) is 0 Å². The van der Waals surface area contributed by atoms with Crippen LogP contribution in [-0.2, 0) is 17.8 Å². The van der Waals surface area contributed by atoms with Gasteiger partial charge >= 0.3 is 5.69 Å². The van der Waals surface area contributed by atoms with E-state index in [4.69, 9.17) is 0 Å². The second-order valence-corrected chi connectivity index (χ2v) is 9.06. The van der Waals surface area contributed by atoms with Gasteiger partial charge in [-0.05, 0) is 61.4 Å². The summed E-state index contributed by atoms with van der Waals surface area (Å²) in [5, 5.41) is 12.1. The van der Waals surface area contributed by atoms with Crippen molar-refractivity contribution in [1.29, 1.82) is 5.26 Å². The molecule has 1 saturated heterocycles. The number of hydrogen-bond donors (Lipinski definition) is 1. The first-order valence-corrected chi connectivity index (χ1v) is 11.8. The lowest BCUT2D eigenvalue weighted by Crippen LogP contribution is -2.41. The summed E-state index contributed by atoms with van der Waals surface area (Å²) in [5.74, 6) is -0.178. The number of rotatable bonds is 4. The number of carbonyl (C=O) groups excluding carboxylic acids is 1. The third-order valence-corrected chi connectivity index (χ3v) is 7.35. The lowest BCUT2D eigenvalue weighted by Gasteiger charge is -2.40. The number of benzene rings is 2. The molecule has 2 aliphatic rings. The van der Waals surface area contributed by atoms with Crippen molar-refractivity contribution < 1.29 is 4.79 Å². The summed E-state index contributed by atoms with van der Waals surface area (Å²) in [4.78, 5) is 27.9. The average molecular weight is 444 g/mol. The number of nitriles is 1. The van der Waals surface area contributed by atoms with Crippen LogP contribution in [-0.4, -0.2) is 40.1 Å². The Hall–Kier alpha value is -3.37. The molecule has 1 unspecified atom stereocenters. The second-order valence-electron chi connectivity index (χ2n) is 9.06. The Morgan fingerprint density at radius 3 is 2.58 bits per heavy atom. The van der Waals surface area contributed by atoms with Crippen LogP contribution in [0.5, 0.6) is 0 Å². The first-order chi connectivity index (χ1) is 16.1. The Bertz CT molecular complexity index is 1290. The van der Waals surface area contributed by atoms with Gasteiger partial charge in [0, 0.05) is 32.2 Å². The quantitative estimate of drug-likeness (QED) is 0.672. The molecule has 1 aromatic heterocycles. The Morgan fingerprint density at radius 1 is 1.09 bits per heavy atom. The lowest BCUT2D eigenvalue weighted by molar-refractivity contribution is -0.121. The number of hydrogen-bond acceptors (Lipinski definition) is 4. The number of aromatic nitrogens is 2. The molecule has 33 heavy (non-hydrogen) atoms. The van der Waals surface area contributed by atoms with Gasteiger partial charge in [-0.25, -0.2) is 4.79 Å². The maximum atomic E-state index is 13.4. The Labute approximate surface area is 193 Å². The number of fused-ring (bicyclic) bond motifs is 2. The van der Waals surface area contributed by atoms with Crippen molar-refractivity contribution in [2.45, 2.75) is 50.7 Å². The number of imidazole rings is 1. The molecular weight excluding hydrogens is 414 g/mol. The van der Waals surface area contributed by atoms with Crippen molar-refractivity contribution in [3.05, 3.63) is 69.6 Å². The highest BCUT2D eigenvalue weighted by atomic mass is 16.2. The summed E-state index contributed by atoms with van der Waals surface area (Å²) in [5.41, 5.74) is 4.91. The monoisotopic (exact) mass is 443 g/mol. The van der Waals surface area contributed by atoms with Gasteiger partial charge in [0.2, 0.25) is 5.91 Å². The fourth-order valence-corrected chi connectivity index (χ4v) is 5.72. The molecule has 1 aliphatic heterocycles. The van der Waals surface area contributed by atoms with E-state index >= 15 is 0 Å². The topological polar surface area (TPSA) is 83.1 Å². The Balaban J connectivity index is 1.40. The molecule has 0 bridgehead atoms. The number of amides is 1. The molecule has 170 valence electrons. The average Bonchev–Trinajstić information content (AvgIpc) is 3.14. The third-order valence-electron chi connectivity index (χ3n) is 7.35. The number of piperidine rings is 1. The maximum Gasteiger partial charge on any atom is 0.329 e. The maximum absolute atomic E-state index is 13.4. The van der Waals surface area contributed by atoms with E-state index in [0.717, 1.165) is 61.8 Å². The minimum Gasteiger partial charge on any atom is -0.358 e. The molecule has 7 nitrogen and oxygen atoms in total. The molecule has 3 aromatic rings. The highest BCUT2D eigenvalue weighted by molar-refractivity contribution is 5.80. The minimum absolute atomic E-state index is 0.0295. The molecule has 0 saturated carbocycles. The Morgan fingerprint density at radius 2 is 1.85 bits per heavy atom. The highest BCUT2D eigenvalue weighted by Gasteiger charge is 2.32. The van der Waals surface area contributed by atoms with Crippen molar-refractivity contribution in [1.82, 2.24) is 19.4 Å². The number of likely N-dealkylation sites (tertiary alicyclic amines) is 1. The van der Waals surface area contributed by atoms with Crippen LogP contribution in [0.1, 0.15) is 54.5 Å². The van der Waals surface area contributed by atoms with Gasteiger partial charge < -0.3 is 5.32 Å². The number of para-hydroxylation sites is 2. The van der Waals surface area contributed by atoms with E-state index in [1.165, 1.54) is 11.1 Å². The standard InChI is InChI=1S/C26H29N5O2/c1-28-25(32)17-30-23-9-2-3-10-24(23)31(26(30)33)19-12-14-29(15-13-19)22-11-5-7-20-18(16-27)6-4-8-21(20)22/h2-4,6,8-10,19,22H,5,7,11-15,17H2,1H3,(H,28,32). The van der Waals surface area contributed by atoms with Crippen molar-refractivity contribution in [2.75, 3.05) is 20.1 Å². The molecule has 1 fully saturated rings. The van der Waals surface area contributed by atoms with Gasteiger partial charge in [-0.3, -0.25) is 18.8 Å². The highest BCUT2D eigenvalue weighted by Crippen LogP contribution is 2.38. The molecule has 2 aromatic carbocycles. The number of nitrogens with zero attached hydrogens (tertiary/aromatic N) is 4. The van der Waals surface area contributed by atoms with Crippen LogP contribution in [0.4, 0.5) is 0 Å². The van der Waals surface area contributed by atoms with E-state index in [1.54, 1.807) is 11.6 Å². The molecule has 1 N–H and O–H groups in total. The van der Waals surface area contributed by atoms with Crippen LogP contribution in [0.3, 0.4) is 0 Å². The van der Waals surface area contributed by atoms with E-state index < -0.39 is 0 Å². The van der Waals surface area contributed by atoms with Crippen molar-refractivity contribution in [3.8, 4) is 6.07 Å². The summed E-state index contributed by atoms with van der Waals surface area (Å²) >= 11 is 0. The summed E-state index contributed by atoms with van der Waals surface area (Å²) < 4.78 is 3.49. The van der Waals surface area contributed by atoms with E-state index in [9.17, 15) is 14.9 Å². The predicted octanol–water partition coefficient (Wildman–Crippen LogP) is 3.14. The number of carbonyl (C=O) groups is 1. The number of likely N-dealkylation sites (N-methyl/N-ethyl adjacent to an activating group) is 1. The van der Waals surface area contributed by atoms with Crippen LogP contribution in [0.15, 0.2) is 47.3 Å². The fraction of sp³-hybridized carbons (Fsp3) is 0.423. The largest absolute Gasteiger partial charge is 0.358 e. The molecule has 7 heteroatoms. The first kappa shape index (κ1) is 21.5. The fourth-order valence-electron chi connectivity index (χ4n) is 5.72. The SMILES string of the molecule is CNC(=O)Cn1c(=O)n(C2CCN(C3CCCc4c(C#N)cccc43)CC2)c2ccccc21. The van der Waals surface area contributed by atoms with E-state index in [1.807, 2.05) is 41.0 Å². The number of nitrogens with one attached hydrogen (secondary N) is 1. The van der Waals surface area contributed by atoms with Crippen molar-refractivity contribution >= 4 is 16.9 Å². The molecule has 2 heterocycles. The Kier molecular flexibility index (Phi) is 5.77. The molecule has 1 atom stereocenters. The minimum atomic E-state index is -0.178. The van der Waals surface area contributed by atoms with Gasteiger partial charge in [0.15, 0.2) is 0 Å². The van der Waals surface area contributed by atoms with Gasteiger partial charge in [-0.1, -0.05) is 24.3 Å². The predicted molar refractivity (Wildman–Crippen MR) is 127 cm³/mol. The van der Waals surface area contributed by atoms with Gasteiger partial charge in [0.1, 0.15) is 6.54 Å². The van der Waals surface area contributed by atoms with E-state index in [2.05, 4.69) is 22.4 Å². The lowest BCUT2D eigenvalue weighted by atomic mass is 9.83. The zero-order valence-electron chi connectivity index (χ0n) is 19.0. The zero-order chi connectivity index (χ0) is 22.9. The molecule has 1 aliphatic carbocycles. The second kappa shape index (κ2) is 8.87. The van der Waals surface area contributed by atoms with Crippen molar-refractivity contribution in [3.63, 3.8) is 0 Å². The molecule has 1 amide bonds. The molecular formula is C26H29N5O2. The van der Waals surface area contributed by atoms with Crippen LogP contribution in [0.25, 0.3) is 11.0 Å². The summed E-state index contributed by atoms with van der Waals surface area (Å²) in [6.45, 7) is 1.85. The summed E-state index contributed by atoms with van der Waals surface area (Å²) in [7, 11) is 1.59. The van der Waals surface area contributed by atoms with Gasteiger partial charge in [0.25, 0.3) is 0 Å². The van der Waals surface area contributed by atoms with Crippen LogP contribution >= 0.6 is 0 Å². The zero-order valence-corrected chi connectivity index (χ0v) is 19.0. The van der Waals surface area contributed by atoms with Crippen LogP contribution in [0.2, 0.25) is 0 Å². The van der Waals surface area contributed by atoms with Crippen molar-refractivity contribution in [2.24, 2.45) is 0 Å². The van der Waals surface area contributed by atoms with E-state index in [0.29, 0.717) is 6.04 Å². The van der Waals surface area contributed by atoms with Crippen LogP contribution < -0.4 is 11.0 Å². The van der Waals surface area contributed by atoms with Gasteiger partial charge in [0.05, 0.1) is 22.7 Å². The molecule has 0 radical (unpaired) electrons. The van der Waals surface area contributed by atoms with Crippen LogP contribution in [0, 0.1) is 11.3 Å². The summed E-state index contributed by atoms with van der Waals surface area (Å²) in [6, 6.07) is 16.7. The molecule has 0 spiro atoms. The normalized spacial score (nSPS) is 19.2. The first-order valence-electron chi connectivity index (χ1n) is 11.8. The van der Waals surface area contributed by atoms with E-state index in [-0.39, 0.29) is 24.2 Å². The third kappa shape index (κ3) is 3.75. The smallest absolute Gasteiger partial charge is 0.329 e. The summed E-state index contributed by atoms with van der Waals surface area (Å²) in [6.07, 6.45) is 4.96. The molecule has 5 rings (SSSR count).